The number of hydrogen-bond donors (Lipinski definition) is 2. The van der Waals surface area contributed by atoms with E-state index >= 15 is 0 Å². The first-order valence-corrected chi connectivity index (χ1v) is 5.36. The van der Waals surface area contributed by atoms with E-state index in [1.807, 2.05) is 0 Å². The molecule has 2 atom stereocenters. The van der Waals surface area contributed by atoms with Crippen LogP contribution in [-0.2, 0) is 0 Å². The molecule has 0 spiro atoms. The zero-order valence-corrected chi connectivity index (χ0v) is 8.50. The Morgan fingerprint density at radius 1 is 1.54 bits per heavy atom. The number of aliphatic hydroxyl groups is 1. The predicted octanol–water partition coefficient (Wildman–Crippen LogP) is 1.70. The van der Waals surface area contributed by atoms with Crippen molar-refractivity contribution < 1.29 is 5.11 Å². The zero-order valence-electron chi connectivity index (χ0n) is 8.50. The lowest BCUT2D eigenvalue weighted by Crippen LogP contribution is -2.35. The van der Waals surface area contributed by atoms with Crippen LogP contribution in [0.15, 0.2) is 12.2 Å². The Balaban J connectivity index is 2.13. The molecule has 1 aliphatic rings. The van der Waals surface area contributed by atoms with Gasteiger partial charge in [-0.2, -0.15) is 0 Å². The topological polar surface area (TPSA) is 32.3 Å². The lowest BCUT2D eigenvalue weighted by Gasteiger charge is -2.21. The first-order valence-electron chi connectivity index (χ1n) is 5.36. The molecule has 2 heteroatoms. The smallest absolute Gasteiger partial charge is 0.0584 e. The van der Waals surface area contributed by atoms with Gasteiger partial charge in [0, 0.05) is 6.04 Å². The minimum atomic E-state index is 0.263. The molecule has 0 aromatic heterocycles. The number of aliphatic hydroxyl groups excluding tert-OH is 1. The maximum Gasteiger partial charge on any atom is 0.0584 e. The summed E-state index contributed by atoms with van der Waals surface area (Å²) in [5.41, 5.74) is 0. The highest BCUT2D eigenvalue weighted by molar-refractivity contribution is 4.90. The molecule has 0 radical (unpaired) electrons. The molecule has 0 aromatic rings. The normalized spacial score (nSPS) is 24.6. The summed E-state index contributed by atoms with van der Waals surface area (Å²) in [6, 6.07) is 0.297. The van der Waals surface area contributed by atoms with Crippen molar-refractivity contribution in [1.82, 2.24) is 5.32 Å². The summed E-state index contributed by atoms with van der Waals surface area (Å²) in [7, 11) is 0. The van der Waals surface area contributed by atoms with Gasteiger partial charge < -0.3 is 10.4 Å². The second-order valence-corrected chi connectivity index (χ2v) is 3.85. The second kappa shape index (κ2) is 6.17. The van der Waals surface area contributed by atoms with E-state index in [0.29, 0.717) is 6.04 Å². The largest absolute Gasteiger partial charge is 0.395 e. The fourth-order valence-corrected chi connectivity index (χ4v) is 1.71. The molecule has 2 N–H and O–H groups in total. The molecular weight excluding hydrogens is 162 g/mol. The number of nitrogens with one attached hydrogen (secondary N) is 1. The fraction of sp³-hybridized carbons (Fsp3) is 0.818. The molecule has 0 unspecified atom stereocenters. The molecular formula is C11H21NO. The van der Waals surface area contributed by atoms with Gasteiger partial charge in [0.15, 0.2) is 0 Å². The molecule has 0 heterocycles. The summed E-state index contributed by atoms with van der Waals surface area (Å²) in [5.74, 6) is 0.783. The van der Waals surface area contributed by atoms with Crippen molar-refractivity contribution in [3.05, 3.63) is 12.2 Å². The van der Waals surface area contributed by atoms with Crippen LogP contribution in [0.25, 0.3) is 0 Å². The van der Waals surface area contributed by atoms with E-state index in [1.165, 1.54) is 19.3 Å². The quantitative estimate of drug-likeness (QED) is 0.636. The predicted molar refractivity (Wildman–Crippen MR) is 55.6 cm³/mol. The summed E-state index contributed by atoms with van der Waals surface area (Å²) in [4.78, 5) is 0. The molecule has 13 heavy (non-hydrogen) atoms. The summed E-state index contributed by atoms with van der Waals surface area (Å²) < 4.78 is 0. The van der Waals surface area contributed by atoms with Crippen LogP contribution in [0.3, 0.4) is 0 Å². The highest BCUT2D eigenvalue weighted by Crippen LogP contribution is 2.17. The summed E-state index contributed by atoms with van der Waals surface area (Å²) in [5, 5.41) is 12.4. The molecule has 1 rings (SSSR count). The Morgan fingerprint density at radius 2 is 2.38 bits per heavy atom. The van der Waals surface area contributed by atoms with Gasteiger partial charge in [0.2, 0.25) is 0 Å². The highest BCUT2D eigenvalue weighted by Gasteiger charge is 2.11. The Hall–Kier alpha value is -0.340. The highest BCUT2D eigenvalue weighted by atomic mass is 16.3. The van der Waals surface area contributed by atoms with Crippen LogP contribution in [-0.4, -0.2) is 24.3 Å². The first kappa shape index (κ1) is 10.7. The van der Waals surface area contributed by atoms with E-state index in [-0.39, 0.29) is 6.61 Å². The summed E-state index contributed by atoms with van der Waals surface area (Å²) in [6.45, 7) is 3.43. The SMILES string of the molecule is CC[C@@H](CO)NC[C@H]1CC=CCC1. The average molecular weight is 183 g/mol. The molecule has 2 nitrogen and oxygen atoms in total. The van der Waals surface area contributed by atoms with Crippen LogP contribution in [0.2, 0.25) is 0 Å². The van der Waals surface area contributed by atoms with E-state index in [0.717, 1.165) is 18.9 Å². The minimum absolute atomic E-state index is 0.263. The Morgan fingerprint density at radius 3 is 2.92 bits per heavy atom. The van der Waals surface area contributed by atoms with Gasteiger partial charge in [0.1, 0.15) is 0 Å². The zero-order chi connectivity index (χ0) is 9.52. The Bertz CT molecular complexity index is 152. The van der Waals surface area contributed by atoms with Gasteiger partial charge in [-0.3, -0.25) is 0 Å². The van der Waals surface area contributed by atoms with E-state index in [1.54, 1.807) is 0 Å². The van der Waals surface area contributed by atoms with Crippen LogP contribution < -0.4 is 5.32 Å². The monoisotopic (exact) mass is 183 g/mol. The molecule has 0 saturated heterocycles. The number of hydrogen-bond acceptors (Lipinski definition) is 2. The van der Waals surface area contributed by atoms with E-state index in [9.17, 15) is 0 Å². The van der Waals surface area contributed by atoms with Gasteiger partial charge in [0.05, 0.1) is 6.61 Å². The maximum atomic E-state index is 8.98. The standard InChI is InChI=1S/C11H21NO/c1-2-11(9-13)12-8-10-6-4-3-5-7-10/h3-4,10-13H,2,5-9H2,1H3/t10-,11-/m0/s1. The molecule has 76 valence electrons. The lowest BCUT2D eigenvalue weighted by atomic mass is 9.94. The van der Waals surface area contributed by atoms with Crippen molar-refractivity contribution in [2.45, 2.75) is 38.6 Å². The third kappa shape index (κ3) is 3.92. The van der Waals surface area contributed by atoms with E-state index in [2.05, 4.69) is 24.4 Å². The fourth-order valence-electron chi connectivity index (χ4n) is 1.71. The molecule has 0 amide bonds. The summed E-state index contributed by atoms with van der Waals surface area (Å²) in [6.07, 6.45) is 9.27. The van der Waals surface area contributed by atoms with Crippen molar-refractivity contribution in [3.63, 3.8) is 0 Å². The molecule has 0 saturated carbocycles. The van der Waals surface area contributed by atoms with Crippen LogP contribution >= 0.6 is 0 Å². The van der Waals surface area contributed by atoms with E-state index in [4.69, 9.17) is 5.11 Å². The van der Waals surface area contributed by atoms with Crippen molar-refractivity contribution in [1.29, 1.82) is 0 Å². The van der Waals surface area contributed by atoms with Crippen molar-refractivity contribution in [2.75, 3.05) is 13.2 Å². The maximum absolute atomic E-state index is 8.98. The van der Waals surface area contributed by atoms with Crippen LogP contribution in [0, 0.1) is 5.92 Å². The van der Waals surface area contributed by atoms with Gasteiger partial charge in [-0.25, -0.2) is 0 Å². The third-order valence-corrected chi connectivity index (χ3v) is 2.79. The molecule has 1 aliphatic carbocycles. The van der Waals surface area contributed by atoms with Crippen LogP contribution in [0.1, 0.15) is 32.6 Å². The average Bonchev–Trinajstić information content (AvgIpc) is 2.21. The first-order chi connectivity index (χ1) is 6.36. The van der Waals surface area contributed by atoms with Gasteiger partial charge in [-0.1, -0.05) is 19.1 Å². The van der Waals surface area contributed by atoms with Crippen molar-refractivity contribution in [2.24, 2.45) is 5.92 Å². The van der Waals surface area contributed by atoms with Gasteiger partial charge in [-0.05, 0) is 38.1 Å². The number of allylic oxidation sites excluding steroid dienone is 2. The van der Waals surface area contributed by atoms with Crippen LogP contribution in [0.4, 0.5) is 0 Å². The van der Waals surface area contributed by atoms with E-state index < -0.39 is 0 Å². The van der Waals surface area contributed by atoms with Gasteiger partial charge in [-0.15, -0.1) is 0 Å². The number of rotatable bonds is 5. The summed E-state index contributed by atoms with van der Waals surface area (Å²) >= 11 is 0. The minimum Gasteiger partial charge on any atom is -0.395 e. The molecule has 0 fully saturated rings. The lowest BCUT2D eigenvalue weighted by molar-refractivity contribution is 0.232. The Labute approximate surface area is 81.0 Å². The van der Waals surface area contributed by atoms with Gasteiger partial charge in [0.25, 0.3) is 0 Å². The second-order valence-electron chi connectivity index (χ2n) is 3.85. The van der Waals surface area contributed by atoms with Crippen molar-refractivity contribution >= 4 is 0 Å². The van der Waals surface area contributed by atoms with Gasteiger partial charge >= 0.3 is 0 Å². The van der Waals surface area contributed by atoms with Crippen LogP contribution in [0.5, 0.6) is 0 Å². The third-order valence-electron chi connectivity index (χ3n) is 2.79. The molecule has 0 bridgehead atoms. The molecule has 0 aromatic carbocycles. The molecule has 0 aliphatic heterocycles. The Kier molecular flexibility index (Phi) is 5.09. The van der Waals surface area contributed by atoms with Crippen molar-refractivity contribution in [3.8, 4) is 0 Å².